The third kappa shape index (κ3) is 4.33. The van der Waals surface area contributed by atoms with Crippen molar-refractivity contribution in [1.82, 2.24) is 9.55 Å². The summed E-state index contributed by atoms with van der Waals surface area (Å²) in [4.78, 5) is 9.49. The van der Waals surface area contributed by atoms with Gasteiger partial charge in [-0.05, 0) is 85.1 Å². The topological polar surface area (TPSA) is 87.3 Å². The molecule has 0 saturated heterocycles. The van der Waals surface area contributed by atoms with Crippen LogP contribution in [0.15, 0.2) is 90.2 Å². The monoisotopic (exact) mass is 498 g/mol. The molecule has 0 spiro atoms. The number of pyridine rings is 1. The fraction of sp³-hybridized carbons (Fsp3) is 0.129. The van der Waals surface area contributed by atoms with Crippen LogP contribution in [0.3, 0.4) is 0 Å². The van der Waals surface area contributed by atoms with Crippen LogP contribution in [0.5, 0.6) is 5.75 Å². The van der Waals surface area contributed by atoms with Crippen LogP contribution in [-0.2, 0) is 7.05 Å². The molecular formula is C31H26N6O. The van der Waals surface area contributed by atoms with Crippen molar-refractivity contribution in [1.29, 1.82) is 5.26 Å². The number of nitrogens with zero attached hydrogens (tertiary/aromatic N) is 4. The lowest BCUT2D eigenvalue weighted by Crippen LogP contribution is -2.34. The molecule has 1 atom stereocenters. The van der Waals surface area contributed by atoms with Gasteiger partial charge in [0.2, 0.25) is 5.90 Å². The number of aliphatic imine (C=N–C) groups is 1. The van der Waals surface area contributed by atoms with Gasteiger partial charge >= 0.3 is 0 Å². The molecule has 5 aromatic rings. The molecular weight excluding hydrogens is 472 g/mol. The second kappa shape index (κ2) is 9.41. The number of benzene rings is 3. The van der Waals surface area contributed by atoms with Gasteiger partial charge in [0.05, 0.1) is 22.8 Å². The van der Waals surface area contributed by atoms with Gasteiger partial charge in [0.1, 0.15) is 11.4 Å². The first-order valence-electron chi connectivity index (χ1n) is 12.4. The Bertz CT molecular complexity index is 1720. The molecule has 0 aliphatic carbocycles. The summed E-state index contributed by atoms with van der Waals surface area (Å²) in [5, 5.41) is 17.0. The fourth-order valence-electron chi connectivity index (χ4n) is 4.82. The van der Waals surface area contributed by atoms with Crippen LogP contribution in [-0.4, -0.2) is 21.7 Å². The zero-order chi connectivity index (χ0) is 26.2. The average molecular weight is 499 g/mol. The van der Waals surface area contributed by atoms with Gasteiger partial charge in [0, 0.05) is 36.1 Å². The highest BCUT2D eigenvalue weighted by Gasteiger charge is 2.26. The van der Waals surface area contributed by atoms with Crippen molar-refractivity contribution in [3.05, 3.63) is 108 Å². The second-order valence-electron chi connectivity index (χ2n) is 9.46. The Balaban J connectivity index is 1.32. The summed E-state index contributed by atoms with van der Waals surface area (Å²) in [5.74, 6) is 1.32. The van der Waals surface area contributed by atoms with Gasteiger partial charge in [-0.3, -0.25) is 4.98 Å². The van der Waals surface area contributed by atoms with E-state index in [-0.39, 0.29) is 0 Å². The lowest BCUT2D eigenvalue weighted by Gasteiger charge is -2.26. The van der Waals surface area contributed by atoms with Gasteiger partial charge in [-0.15, -0.1) is 0 Å². The van der Waals surface area contributed by atoms with Gasteiger partial charge in [0.15, 0.2) is 6.29 Å². The van der Waals surface area contributed by atoms with Crippen LogP contribution in [0, 0.1) is 25.2 Å². The number of hydrogen-bond acceptors (Lipinski definition) is 6. The molecule has 1 aliphatic heterocycles. The van der Waals surface area contributed by atoms with Crippen molar-refractivity contribution < 1.29 is 4.74 Å². The molecule has 2 aromatic heterocycles. The Morgan fingerprint density at radius 1 is 0.974 bits per heavy atom. The van der Waals surface area contributed by atoms with Crippen LogP contribution < -0.4 is 15.4 Å². The molecule has 6 rings (SSSR count). The van der Waals surface area contributed by atoms with Crippen LogP contribution in [0.25, 0.3) is 22.0 Å². The summed E-state index contributed by atoms with van der Waals surface area (Å²) < 4.78 is 8.54. The summed E-state index contributed by atoms with van der Waals surface area (Å²) in [6, 6.07) is 26.0. The molecule has 7 heteroatoms. The number of nitriles is 1. The molecule has 0 fully saturated rings. The molecule has 0 radical (unpaired) electrons. The highest BCUT2D eigenvalue weighted by molar-refractivity contribution is 6.01. The average Bonchev–Trinajstić information content (AvgIpc) is 3.31. The predicted molar refractivity (Wildman–Crippen MR) is 151 cm³/mol. The number of para-hydroxylation sites is 1. The molecule has 38 heavy (non-hydrogen) atoms. The van der Waals surface area contributed by atoms with Crippen LogP contribution in [0.4, 0.5) is 11.4 Å². The molecule has 186 valence electrons. The first kappa shape index (κ1) is 23.3. The van der Waals surface area contributed by atoms with Crippen molar-refractivity contribution in [3.8, 4) is 22.9 Å². The first-order valence-corrected chi connectivity index (χ1v) is 12.4. The van der Waals surface area contributed by atoms with E-state index in [2.05, 4.69) is 59.8 Å². The molecule has 0 bridgehead atoms. The van der Waals surface area contributed by atoms with Gasteiger partial charge < -0.3 is 19.9 Å². The van der Waals surface area contributed by atoms with Gasteiger partial charge in [-0.1, -0.05) is 18.2 Å². The molecule has 0 amide bonds. The summed E-state index contributed by atoms with van der Waals surface area (Å²) in [6.07, 6.45) is 3.47. The predicted octanol–water partition coefficient (Wildman–Crippen LogP) is 6.38. The molecule has 7 nitrogen and oxygen atoms in total. The highest BCUT2D eigenvalue weighted by atomic mass is 16.5. The fourth-order valence-corrected chi connectivity index (χ4v) is 4.82. The van der Waals surface area contributed by atoms with E-state index in [1.54, 1.807) is 12.1 Å². The Morgan fingerprint density at radius 3 is 2.50 bits per heavy atom. The highest BCUT2D eigenvalue weighted by Crippen LogP contribution is 2.33. The smallest absolute Gasteiger partial charge is 0.244 e. The molecule has 3 heterocycles. The normalized spacial score (nSPS) is 14.3. The first-order chi connectivity index (χ1) is 18.5. The van der Waals surface area contributed by atoms with E-state index in [9.17, 15) is 0 Å². The SMILES string of the molecule is Cc1cc(-c2cnc3ccccc3c2)cc(C)c1OC1=NC(Nc2ccc(C#N)cc2)Nc2ccn(C)c21. The van der Waals surface area contributed by atoms with Gasteiger partial charge in [-0.25, -0.2) is 4.99 Å². The molecule has 1 unspecified atom stereocenters. The number of rotatable bonds is 4. The quantitative estimate of drug-likeness (QED) is 0.300. The molecule has 3 aromatic carbocycles. The maximum atomic E-state index is 9.08. The minimum atomic E-state index is -0.434. The maximum Gasteiger partial charge on any atom is 0.244 e. The van der Waals surface area contributed by atoms with Gasteiger partial charge in [-0.2, -0.15) is 5.26 Å². The number of ether oxygens (including phenoxy) is 1. The molecule has 1 aliphatic rings. The zero-order valence-electron chi connectivity index (χ0n) is 21.4. The summed E-state index contributed by atoms with van der Waals surface area (Å²) in [7, 11) is 1.98. The van der Waals surface area contributed by atoms with E-state index in [1.165, 1.54) is 0 Å². The second-order valence-corrected chi connectivity index (χ2v) is 9.46. The Hall–Kier alpha value is -5.09. The van der Waals surface area contributed by atoms with E-state index in [0.717, 1.165) is 56.0 Å². The van der Waals surface area contributed by atoms with Crippen LogP contribution in [0.2, 0.25) is 0 Å². The Labute approximate surface area is 221 Å². The molecule has 0 saturated carbocycles. The van der Waals surface area contributed by atoms with Crippen molar-refractivity contribution >= 4 is 28.2 Å². The number of hydrogen-bond donors (Lipinski definition) is 2. The summed E-state index contributed by atoms with van der Waals surface area (Å²) in [6.45, 7) is 4.11. The van der Waals surface area contributed by atoms with Crippen LogP contribution >= 0.6 is 0 Å². The number of anilines is 2. The Morgan fingerprint density at radius 2 is 1.74 bits per heavy atom. The van der Waals surface area contributed by atoms with Crippen molar-refractivity contribution in [3.63, 3.8) is 0 Å². The number of fused-ring (bicyclic) bond motifs is 2. The van der Waals surface area contributed by atoms with E-state index in [1.807, 2.05) is 60.4 Å². The van der Waals surface area contributed by atoms with E-state index in [4.69, 9.17) is 15.0 Å². The number of aryl methyl sites for hydroxylation is 3. The minimum absolute atomic E-state index is 0.434. The Kier molecular flexibility index (Phi) is 5.78. The van der Waals surface area contributed by atoms with E-state index in [0.29, 0.717) is 11.5 Å². The van der Waals surface area contributed by atoms with E-state index >= 15 is 0 Å². The van der Waals surface area contributed by atoms with Crippen molar-refractivity contribution in [2.75, 3.05) is 10.6 Å². The number of aromatic nitrogens is 2. The largest absolute Gasteiger partial charge is 0.437 e. The number of nitrogens with one attached hydrogen (secondary N) is 2. The lowest BCUT2D eigenvalue weighted by atomic mass is 10.00. The third-order valence-corrected chi connectivity index (χ3v) is 6.71. The molecule has 2 N–H and O–H groups in total. The standard InChI is InChI=1S/C31H26N6O/c1-19-14-23(24-16-22-6-4-5-7-26(22)33-18-24)15-20(2)29(19)38-30-28-27(12-13-37(28)3)35-31(36-30)34-25-10-8-21(17-32)9-11-25/h4-16,18,31,34-35H,1-3H3. The summed E-state index contributed by atoms with van der Waals surface area (Å²) >= 11 is 0. The zero-order valence-corrected chi connectivity index (χ0v) is 21.4. The third-order valence-electron chi connectivity index (χ3n) is 6.71. The van der Waals surface area contributed by atoms with Crippen molar-refractivity contribution in [2.45, 2.75) is 20.1 Å². The minimum Gasteiger partial charge on any atom is -0.437 e. The summed E-state index contributed by atoms with van der Waals surface area (Å²) in [5.41, 5.74) is 8.44. The lowest BCUT2D eigenvalue weighted by molar-refractivity contribution is 0.528. The van der Waals surface area contributed by atoms with Crippen molar-refractivity contribution in [2.24, 2.45) is 12.0 Å². The van der Waals surface area contributed by atoms with E-state index < -0.39 is 6.29 Å². The maximum absolute atomic E-state index is 9.08. The van der Waals surface area contributed by atoms with Crippen LogP contribution in [0.1, 0.15) is 22.4 Å². The van der Waals surface area contributed by atoms with Gasteiger partial charge in [0.25, 0.3) is 0 Å².